The predicted octanol–water partition coefficient (Wildman–Crippen LogP) is 1.51. The predicted molar refractivity (Wildman–Crippen MR) is 73.6 cm³/mol. The summed E-state index contributed by atoms with van der Waals surface area (Å²) in [7, 11) is 0. The quantitative estimate of drug-likeness (QED) is 0.654. The molecule has 0 spiro atoms. The molecule has 4 N–H and O–H groups in total. The summed E-state index contributed by atoms with van der Waals surface area (Å²) in [6.07, 6.45) is 5.49. The van der Waals surface area contributed by atoms with Gasteiger partial charge in [0.25, 0.3) is 0 Å². The van der Waals surface area contributed by atoms with Crippen molar-refractivity contribution in [3.8, 4) is 0 Å². The standard InChI is InChI=1S/C14H26N2O3/c1-10(5-6-13(17)18)7-8-16-14(19)11-3-2-4-12(15)9-11/h10-12H,2-9,15H2,1H3,(H,16,19)(H,17,18). The number of amides is 1. The number of aliphatic carboxylic acids is 1. The van der Waals surface area contributed by atoms with Crippen molar-refractivity contribution in [3.63, 3.8) is 0 Å². The van der Waals surface area contributed by atoms with Crippen LogP contribution in [0.4, 0.5) is 0 Å². The molecule has 5 heteroatoms. The number of carboxylic acid groups (broad SMARTS) is 1. The van der Waals surface area contributed by atoms with Crippen LogP contribution in [-0.4, -0.2) is 29.6 Å². The summed E-state index contributed by atoms with van der Waals surface area (Å²) < 4.78 is 0. The van der Waals surface area contributed by atoms with E-state index in [4.69, 9.17) is 10.8 Å². The van der Waals surface area contributed by atoms with Crippen molar-refractivity contribution >= 4 is 11.9 Å². The summed E-state index contributed by atoms with van der Waals surface area (Å²) in [5, 5.41) is 11.5. The minimum Gasteiger partial charge on any atom is -0.481 e. The summed E-state index contributed by atoms with van der Waals surface area (Å²) >= 11 is 0. The molecule has 0 aliphatic heterocycles. The molecular formula is C14H26N2O3. The second-order valence-corrected chi connectivity index (χ2v) is 5.74. The Bertz CT molecular complexity index is 307. The lowest BCUT2D eigenvalue weighted by atomic mass is 9.85. The second-order valence-electron chi connectivity index (χ2n) is 5.74. The summed E-state index contributed by atoms with van der Waals surface area (Å²) in [5.74, 6) is -0.254. The number of rotatable bonds is 7. The van der Waals surface area contributed by atoms with Crippen molar-refractivity contribution in [2.75, 3.05) is 6.54 Å². The minimum atomic E-state index is -0.757. The van der Waals surface area contributed by atoms with E-state index >= 15 is 0 Å². The molecular weight excluding hydrogens is 244 g/mol. The van der Waals surface area contributed by atoms with E-state index in [-0.39, 0.29) is 24.3 Å². The number of carbonyl (C=O) groups excluding carboxylic acids is 1. The summed E-state index contributed by atoms with van der Waals surface area (Å²) in [6.45, 7) is 2.65. The fraction of sp³-hybridized carbons (Fsp3) is 0.857. The number of nitrogens with two attached hydrogens (primary N) is 1. The van der Waals surface area contributed by atoms with E-state index in [2.05, 4.69) is 5.32 Å². The van der Waals surface area contributed by atoms with E-state index in [9.17, 15) is 9.59 Å². The molecule has 1 saturated carbocycles. The summed E-state index contributed by atoms with van der Waals surface area (Å²) in [6, 6.07) is 0.166. The largest absolute Gasteiger partial charge is 0.481 e. The first-order valence-corrected chi connectivity index (χ1v) is 7.24. The molecule has 3 unspecified atom stereocenters. The lowest BCUT2D eigenvalue weighted by Gasteiger charge is -2.25. The van der Waals surface area contributed by atoms with Gasteiger partial charge in [-0.3, -0.25) is 9.59 Å². The third-order valence-corrected chi connectivity index (χ3v) is 3.87. The van der Waals surface area contributed by atoms with Gasteiger partial charge in [0.15, 0.2) is 0 Å². The van der Waals surface area contributed by atoms with E-state index < -0.39 is 5.97 Å². The smallest absolute Gasteiger partial charge is 0.303 e. The third-order valence-electron chi connectivity index (χ3n) is 3.87. The van der Waals surface area contributed by atoms with Crippen LogP contribution in [0.1, 0.15) is 51.9 Å². The Morgan fingerprint density at radius 2 is 2.11 bits per heavy atom. The van der Waals surface area contributed by atoms with Crippen LogP contribution < -0.4 is 11.1 Å². The maximum absolute atomic E-state index is 11.9. The Balaban J connectivity index is 2.14. The Labute approximate surface area is 114 Å². The highest BCUT2D eigenvalue weighted by atomic mass is 16.4. The summed E-state index contributed by atoms with van der Waals surface area (Å²) in [4.78, 5) is 22.4. The minimum absolute atomic E-state index is 0.0677. The van der Waals surface area contributed by atoms with Crippen LogP contribution in [0.5, 0.6) is 0 Å². The fourth-order valence-electron chi connectivity index (χ4n) is 2.57. The highest BCUT2D eigenvalue weighted by Gasteiger charge is 2.24. The molecule has 0 saturated heterocycles. The first-order chi connectivity index (χ1) is 8.99. The number of hydrogen-bond acceptors (Lipinski definition) is 3. The van der Waals surface area contributed by atoms with Crippen molar-refractivity contribution in [1.29, 1.82) is 0 Å². The van der Waals surface area contributed by atoms with Gasteiger partial charge in [0, 0.05) is 24.9 Å². The van der Waals surface area contributed by atoms with Crippen molar-refractivity contribution in [3.05, 3.63) is 0 Å². The third kappa shape index (κ3) is 6.57. The van der Waals surface area contributed by atoms with Crippen LogP contribution in [-0.2, 0) is 9.59 Å². The highest BCUT2D eigenvalue weighted by molar-refractivity contribution is 5.78. The van der Waals surface area contributed by atoms with Crippen molar-refractivity contribution in [2.45, 2.75) is 57.9 Å². The van der Waals surface area contributed by atoms with Gasteiger partial charge in [0.2, 0.25) is 5.91 Å². The first kappa shape index (κ1) is 16.0. The molecule has 1 aliphatic carbocycles. The molecule has 0 aromatic carbocycles. The van der Waals surface area contributed by atoms with Crippen LogP contribution in [0.3, 0.4) is 0 Å². The van der Waals surface area contributed by atoms with Crippen LogP contribution in [0.15, 0.2) is 0 Å². The van der Waals surface area contributed by atoms with Crippen LogP contribution in [0, 0.1) is 11.8 Å². The van der Waals surface area contributed by atoms with Gasteiger partial charge in [-0.1, -0.05) is 13.3 Å². The van der Waals surface area contributed by atoms with Crippen LogP contribution in [0.25, 0.3) is 0 Å². The van der Waals surface area contributed by atoms with E-state index in [0.29, 0.717) is 18.9 Å². The molecule has 1 amide bonds. The molecule has 0 aromatic heterocycles. The molecule has 0 heterocycles. The van der Waals surface area contributed by atoms with Gasteiger partial charge >= 0.3 is 5.97 Å². The number of carbonyl (C=O) groups is 2. The number of carboxylic acids is 1. The van der Waals surface area contributed by atoms with E-state index in [1.165, 1.54) is 0 Å². The van der Waals surface area contributed by atoms with Crippen molar-refractivity contribution in [1.82, 2.24) is 5.32 Å². The van der Waals surface area contributed by atoms with Gasteiger partial charge in [-0.15, -0.1) is 0 Å². The molecule has 0 aromatic rings. The molecule has 0 radical (unpaired) electrons. The Hall–Kier alpha value is -1.10. The zero-order valence-electron chi connectivity index (χ0n) is 11.7. The molecule has 0 bridgehead atoms. The van der Waals surface area contributed by atoms with Crippen molar-refractivity contribution < 1.29 is 14.7 Å². The van der Waals surface area contributed by atoms with E-state index in [0.717, 1.165) is 32.1 Å². The van der Waals surface area contributed by atoms with Gasteiger partial charge in [0.1, 0.15) is 0 Å². The monoisotopic (exact) mass is 270 g/mol. The second kappa shape index (κ2) is 8.15. The highest BCUT2D eigenvalue weighted by Crippen LogP contribution is 2.23. The fourth-order valence-corrected chi connectivity index (χ4v) is 2.57. The van der Waals surface area contributed by atoms with Gasteiger partial charge < -0.3 is 16.2 Å². The van der Waals surface area contributed by atoms with E-state index in [1.54, 1.807) is 0 Å². The topological polar surface area (TPSA) is 92.4 Å². The number of hydrogen-bond donors (Lipinski definition) is 3. The Morgan fingerprint density at radius 1 is 1.37 bits per heavy atom. The van der Waals surface area contributed by atoms with Crippen LogP contribution in [0.2, 0.25) is 0 Å². The lowest BCUT2D eigenvalue weighted by molar-refractivity contribution is -0.137. The van der Waals surface area contributed by atoms with Gasteiger partial charge in [-0.05, 0) is 38.0 Å². The van der Waals surface area contributed by atoms with Gasteiger partial charge in [-0.2, -0.15) is 0 Å². The van der Waals surface area contributed by atoms with Gasteiger partial charge in [-0.25, -0.2) is 0 Å². The molecule has 1 aliphatic rings. The summed E-state index contributed by atoms with van der Waals surface area (Å²) in [5.41, 5.74) is 5.87. The molecule has 110 valence electrons. The van der Waals surface area contributed by atoms with Gasteiger partial charge in [0.05, 0.1) is 0 Å². The molecule has 1 fully saturated rings. The molecule has 5 nitrogen and oxygen atoms in total. The molecule has 3 atom stereocenters. The zero-order valence-corrected chi connectivity index (χ0v) is 11.7. The average Bonchev–Trinajstić information content (AvgIpc) is 2.36. The Morgan fingerprint density at radius 3 is 2.74 bits per heavy atom. The van der Waals surface area contributed by atoms with Crippen LogP contribution >= 0.6 is 0 Å². The maximum Gasteiger partial charge on any atom is 0.303 e. The lowest BCUT2D eigenvalue weighted by Crippen LogP contribution is -2.38. The molecule has 19 heavy (non-hydrogen) atoms. The molecule has 1 rings (SSSR count). The van der Waals surface area contributed by atoms with E-state index in [1.807, 2.05) is 6.92 Å². The Kier molecular flexibility index (Phi) is 6.84. The normalized spacial score (nSPS) is 24.7. The van der Waals surface area contributed by atoms with Crippen molar-refractivity contribution in [2.24, 2.45) is 17.6 Å². The number of nitrogens with one attached hydrogen (secondary N) is 1. The first-order valence-electron chi connectivity index (χ1n) is 7.24. The zero-order chi connectivity index (χ0) is 14.3. The maximum atomic E-state index is 11.9. The average molecular weight is 270 g/mol. The SMILES string of the molecule is CC(CCNC(=O)C1CCCC(N)C1)CCC(=O)O.